The summed E-state index contributed by atoms with van der Waals surface area (Å²) < 4.78 is 10.5. The van der Waals surface area contributed by atoms with E-state index < -0.39 is 0 Å². The lowest BCUT2D eigenvalue weighted by Crippen LogP contribution is -2.30. The van der Waals surface area contributed by atoms with Gasteiger partial charge in [0.1, 0.15) is 11.5 Å². The van der Waals surface area contributed by atoms with Crippen LogP contribution in [0.1, 0.15) is 12.0 Å². The first-order valence-corrected chi connectivity index (χ1v) is 5.63. The molecule has 0 saturated carbocycles. The molecule has 94 valence electrons. The highest BCUT2D eigenvalue weighted by Gasteiger charge is 2.30. The summed E-state index contributed by atoms with van der Waals surface area (Å²) in [7, 11) is 3.13. The average molecular weight is 246 g/mol. The Kier molecular flexibility index (Phi) is 3.38. The van der Waals surface area contributed by atoms with Crippen molar-refractivity contribution in [2.45, 2.75) is 12.8 Å². The molecule has 0 fully saturated rings. The maximum absolute atomic E-state index is 11.9. The Morgan fingerprint density at radius 3 is 2.67 bits per heavy atom. The fourth-order valence-corrected chi connectivity index (χ4v) is 2.15. The van der Waals surface area contributed by atoms with Crippen LogP contribution in [-0.2, 0) is 11.2 Å². The summed E-state index contributed by atoms with van der Waals surface area (Å²) in [6.45, 7) is 0. The average Bonchev–Trinajstić information content (AvgIpc) is 2.39. The maximum atomic E-state index is 11.9. The predicted molar refractivity (Wildman–Crippen MR) is 65.6 cm³/mol. The Labute approximate surface area is 105 Å². The van der Waals surface area contributed by atoms with Crippen molar-refractivity contribution in [1.29, 1.82) is 5.26 Å². The first kappa shape index (κ1) is 12.2. The highest BCUT2D eigenvalue weighted by molar-refractivity contribution is 5.98. The van der Waals surface area contributed by atoms with Crippen LogP contribution in [0.15, 0.2) is 12.1 Å². The molecule has 0 bridgehead atoms. The van der Waals surface area contributed by atoms with Gasteiger partial charge in [0.15, 0.2) is 0 Å². The predicted octanol–water partition coefficient (Wildman–Crippen LogP) is 1.73. The number of hydrogen-bond acceptors (Lipinski definition) is 4. The SMILES string of the molecule is COc1ccc(OC)c2c1CC(CC#N)C(=O)N2. The minimum Gasteiger partial charge on any atom is -0.496 e. The van der Waals surface area contributed by atoms with Crippen molar-refractivity contribution in [3.8, 4) is 17.6 Å². The molecule has 2 rings (SSSR count). The topological polar surface area (TPSA) is 71.3 Å². The number of fused-ring (bicyclic) bond motifs is 1. The third-order valence-corrected chi connectivity index (χ3v) is 3.08. The lowest BCUT2D eigenvalue weighted by molar-refractivity contribution is -0.120. The van der Waals surface area contributed by atoms with Crippen molar-refractivity contribution in [3.05, 3.63) is 17.7 Å². The zero-order valence-electron chi connectivity index (χ0n) is 10.3. The second-order valence-electron chi connectivity index (χ2n) is 4.08. The number of methoxy groups -OCH3 is 2. The summed E-state index contributed by atoms with van der Waals surface area (Å²) in [6, 6.07) is 5.59. The number of amides is 1. The van der Waals surface area contributed by atoms with Crippen LogP contribution in [0, 0.1) is 17.2 Å². The standard InChI is InChI=1S/C13H14N2O3/c1-17-10-3-4-11(18-2)12-9(10)7-8(5-6-14)13(16)15-12/h3-4,8H,5,7H2,1-2H3,(H,15,16). The van der Waals surface area contributed by atoms with Crippen LogP contribution in [0.4, 0.5) is 5.69 Å². The summed E-state index contributed by atoms with van der Waals surface area (Å²) in [4.78, 5) is 11.9. The molecule has 5 nitrogen and oxygen atoms in total. The minimum atomic E-state index is -0.330. The number of hydrogen-bond donors (Lipinski definition) is 1. The van der Waals surface area contributed by atoms with Gasteiger partial charge in [-0.25, -0.2) is 0 Å². The molecule has 1 atom stereocenters. The highest BCUT2D eigenvalue weighted by atomic mass is 16.5. The molecule has 1 aromatic rings. The van der Waals surface area contributed by atoms with Crippen LogP contribution in [0.3, 0.4) is 0 Å². The fraction of sp³-hybridized carbons (Fsp3) is 0.385. The monoisotopic (exact) mass is 246 g/mol. The van der Waals surface area contributed by atoms with E-state index in [9.17, 15) is 4.79 Å². The van der Waals surface area contributed by atoms with Crippen molar-refractivity contribution in [2.24, 2.45) is 5.92 Å². The Bertz CT molecular complexity index is 520. The smallest absolute Gasteiger partial charge is 0.228 e. The largest absolute Gasteiger partial charge is 0.496 e. The molecular weight excluding hydrogens is 232 g/mol. The van der Waals surface area contributed by atoms with Gasteiger partial charge in [0.05, 0.1) is 31.9 Å². The fourth-order valence-electron chi connectivity index (χ4n) is 2.15. The van der Waals surface area contributed by atoms with E-state index in [1.54, 1.807) is 26.4 Å². The van der Waals surface area contributed by atoms with Crippen LogP contribution < -0.4 is 14.8 Å². The summed E-state index contributed by atoms with van der Waals surface area (Å²) in [5, 5.41) is 11.5. The number of nitrogens with zero attached hydrogens (tertiary/aromatic N) is 1. The molecule has 1 aliphatic rings. The summed E-state index contributed by atoms with van der Waals surface area (Å²) in [5.74, 6) is 0.836. The number of benzene rings is 1. The minimum absolute atomic E-state index is 0.143. The van der Waals surface area contributed by atoms with Gasteiger partial charge in [-0.1, -0.05) is 0 Å². The Morgan fingerprint density at radius 2 is 2.06 bits per heavy atom. The van der Waals surface area contributed by atoms with E-state index in [0.717, 1.165) is 5.56 Å². The van der Waals surface area contributed by atoms with Crippen LogP contribution >= 0.6 is 0 Å². The molecule has 1 N–H and O–H groups in total. The molecule has 1 amide bonds. The van der Waals surface area contributed by atoms with Gasteiger partial charge in [-0.3, -0.25) is 4.79 Å². The van der Waals surface area contributed by atoms with Gasteiger partial charge in [0.2, 0.25) is 5.91 Å². The third kappa shape index (κ3) is 1.97. The summed E-state index contributed by atoms with van der Waals surface area (Å²) in [6.07, 6.45) is 0.695. The highest BCUT2D eigenvalue weighted by Crippen LogP contribution is 2.40. The zero-order valence-corrected chi connectivity index (χ0v) is 10.3. The van der Waals surface area contributed by atoms with Gasteiger partial charge in [0, 0.05) is 12.0 Å². The van der Waals surface area contributed by atoms with E-state index in [0.29, 0.717) is 23.6 Å². The molecule has 5 heteroatoms. The molecule has 1 unspecified atom stereocenters. The molecule has 0 aromatic heterocycles. The van der Waals surface area contributed by atoms with Gasteiger partial charge in [0.25, 0.3) is 0 Å². The summed E-state index contributed by atoms with van der Waals surface area (Å²) in [5.41, 5.74) is 1.53. The van der Waals surface area contributed by atoms with Crippen molar-refractivity contribution in [2.75, 3.05) is 19.5 Å². The number of ether oxygens (including phenoxy) is 2. The number of nitrogens with one attached hydrogen (secondary N) is 1. The molecular formula is C13H14N2O3. The van der Waals surface area contributed by atoms with Gasteiger partial charge in [-0.15, -0.1) is 0 Å². The van der Waals surface area contributed by atoms with Gasteiger partial charge >= 0.3 is 0 Å². The Morgan fingerprint density at radius 1 is 1.39 bits per heavy atom. The molecule has 0 saturated heterocycles. The first-order valence-electron chi connectivity index (χ1n) is 5.63. The van der Waals surface area contributed by atoms with E-state index in [1.165, 1.54) is 0 Å². The first-order chi connectivity index (χ1) is 8.71. The number of carbonyl (C=O) groups is 1. The van der Waals surface area contributed by atoms with Crippen LogP contribution in [-0.4, -0.2) is 20.1 Å². The molecule has 0 aliphatic carbocycles. The molecule has 1 aromatic carbocycles. The quantitative estimate of drug-likeness (QED) is 0.881. The Balaban J connectivity index is 2.46. The number of nitriles is 1. The maximum Gasteiger partial charge on any atom is 0.228 e. The van der Waals surface area contributed by atoms with Gasteiger partial charge in [-0.2, -0.15) is 5.26 Å². The zero-order chi connectivity index (χ0) is 13.1. The number of rotatable bonds is 3. The van der Waals surface area contributed by atoms with Crippen LogP contribution in [0.2, 0.25) is 0 Å². The van der Waals surface area contributed by atoms with Gasteiger partial charge < -0.3 is 14.8 Å². The van der Waals surface area contributed by atoms with E-state index >= 15 is 0 Å². The van der Waals surface area contributed by atoms with E-state index in [2.05, 4.69) is 5.32 Å². The van der Waals surface area contributed by atoms with E-state index in [1.807, 2.05) is 6.07 Å². The van der Waals surface area contributed by atoms with Crippen molar-refractivity contribution in [1.82, 2.24) is 0 Å². The molecule has 1 heterocycles. The Hall–Kier alpha value is -2.22. The van der Waals surface area contributed by atoms with Gasteiger partial charge in [-0.05, 0) is 18.6 Å². The van der Waals surface area contributed by atoms with E-state index in [-0.39, 0.29) is 18.2 Å². The molecule has 0 spiro atoms. The van der Waals surface area contributed by atoms with Crippen molar-refractivity contribution >= 4 is 11.6 Å². The van der Waals surface area contributed by atoms with Crippen molar-refractivity contribution in [3.63, 3.8) is 0 Å². The van der Waals surface area contributed by atoms with Crippen LogP contribution in [0.5, 0.6) is 11.5 Å². The van der Waals surface area contributed by atoms with Crippen LogP contribution in [0.25, 0.3) is 0 Å². The lowest BCUT2D eigenvalue weighted by atomic mass is 9.90. The summed E-state index contributed by atoms with van der Waals surface area (Å²) >= 11 is 0. The molecule has 18 heavy (non-hydrogen) atoms. The normalized spacial score (nSPS) is 17.4. The second kappa shape index (κ2) is 4.96. The molecule has 1 aliphatic heterocycles. The van der Waals surface area contributed by atoms with Crippen molar-refractivity contribution < 1.29 is 14.3 Å². The number of carbonyl (C=O) groups excluding carboxylic acids is 1. The lowest BCUT2D eigenvalue weighted by Gasteiger charge is -2.26. The number of anilines is 1. The third-order valence-electron chi connectivity index (χ3n) is 3.08. The molecule has 0 radical (unpaired) electrons. The van der Waals surface area contributed by atoms with E-state index in [4.69, 9.17) is 14.7 Å². The second-order valence-corrected chi connectivity index (χ2v) is 4.08.